The molecule has 0 radical (unpaired) electrons. The van der Waals surface area contributed by atoms with E-state index in [2.05, 4.69) is 17.2 Å². The standard InChI is InChI=1S/C12H23N3/c1-2-7-14-12(13)15-8-11(9-3-4-9)10-5-6-10/h9-11H,2-8H2,1H3,(H3,13,14,15). The number of nitrogens with two attached hydrogens (primary N) is 1. The molecule has 0 spiro atoms. The van der Waals surface area contributed by atoms with E-state index in [-0.39, 0.29) is 0 Å². The van der Waals surface area contributed by atoms with Gasteiger partial charge < -0.3 is 11.1 Å². The van der Waals surface area contributed by atoms with Gasteiger partial charge in [0.15, 0.2) is 5.96 Å². The minimum atomic E-state index is 0.642. The Bertz CT molecular complexity index is 217. The predicted molar refractivity (Wildman–Crippen MR) is 63.7 cm³/mol. The Labute approximate surface area is 92.5 Å². The number of nitrogens with one attached hydrogen (secondary N) is 1. The maximum Gasteiger partial charge on any atom is 0.188 e. The summed E-state index contributed by atoms with van der Waals surface area (Å²) >= 11 is 0. The van der Waals surface area contributed by atoms with Crippen LogP contribution in [0.25, 0.3) is 0 Å². The van der Waals surface area contributed by atoms with Crippen molar-refractivity contribution >= 4 is 5.96 Å². The highest BCUT2D eigenvalue weighted by atomic mass is 15.1. The first kappa shape index (κ1) is 10.8. The molecule has 0 aliphatic heterocycles. The smallest absolute Gasteiger partial charge is 0.188 e. The Kier molecular flexibility index (Phi) is 3.49. The largest absolute Gasteiger partial charge is 0.370 e. The molecule has 15 heavy (non-hydrogen) atoms. The van der Waals surface area contributed by atoms with E-state index in [1.54, 1.807) is 0 Å². The topological polar surface area (TPSA) is 50.4 Å². The third-order valence-corrected chi connectivity index (χ3v) is 3.48. The summed E-state index contributed by atoms with van der Waals surface area (Å²) in [5.41, 5.74) is 5.79. The molecule has 0 saturated heterocycles. The summed E-state index contributed by atoms with van der Waals surface area (Å²) in [6.07, 6.45) is 6.82. The van der Waals surface area contributed by atoms with Crippen LogP contribution in [0.3, 0.4) is 0 Å². The number of rotatable bonds is 6. The first-order valence-electron chi connectivity index (χ1n) is 6.35. The van der Waals surface area contributed by atoms with E-state index >= 15 is 0 Å². The van der Waals surface area contributed by atoms with Crippen molar-refractivity contribution in [2.75, 3.05) is 13.1 Å². The van der Waals surface area contributed by atoms with Gasteiger partial charge in [0, 0.05) is 13.1 Å². The van der Waals surface area contributed by atoms with Crippen molar-refractivity contribution in [2.24, 2.45) is 28.5 Å². The van der Waals surface area contributed by atoms with Crippen LogP contribution in [-0.2, 0) is 0 Å². The minimum absolute atomic E-state index is 0.642. The molecule has 3 heteroatoms. The number of nitrogens with zero attached hydrogens (tertiary/aromatic N) is 1. The molecule has 0 bridgehead atoms. The molecule has 0 aromatic rings. The molecule has 0 atom stereocenters. The van der Waals surface area contributed by atoms with Crippen LogP contribution in [-0.4, -0.2) is 19.0 Å². The third kappa shape index (κ3) is 3.40. The molecule has 0 heterocycles. The van der Waals surface area contributed by atoms with Crippen LogP contribution >= 0.6 is 0 Å². The van der Waals surface area contributed by atoms with Crippen LogP contribution < -0.4 is 11.1 Å². The molecule has 2 saturated carbocycles. The molecule has 2 rings (SSSR count). The quantitative estimate of drug-likeness (QED) is 0.517. The molecule has 0 unspecified atom stereocenters. The van der Waals surface area contributed by atoms with Gasteiger partial charge in [0.25, 0.3) is 0 Å². The third-order valence-electron chi connectivity index (χ3n) is 3.48. The fourth-order valence-electron chi connectivity index (χ4n) is 2.24. The van der Waals surface area contributed by atoms with Crippen LogP contribution in [0.4, 0.5) is 0 Å². The summed E-state index contributed by atoms with van der Waals surface area (Å²) in [6, 6.07) is 0. The number of aliphatic imine (C=N–C) groups is 1. The monoisotopic (exact) mass is 209 g/mol. The normalized spacial score (nSPS) is 22.1. The van der Waals surface area contributed by atoms with E-state index in [9.17, 15) is 0 Å². The van der Waals surface area contributed by atoms with Crippen molar-refractivity contribution in [1.82, 2.24) is 5.32 Å². The molecular weight excluding hydrogens is 186 g/mol. The second-order valence-electron chi connectivity index (χ2n) is 4.99. The summed E-state index contributed by atoms with van der Waals surface area (Å²) < 4.78 is 0. The average Bonchev–Trinajstić information content (AvgIpc) is 3.05. The number of hydrogen-bond acceptors (Lipinski definition) is 1. The van der Waals surface area contributed by atoms with Crippen LogP contribution in [0.1, 0.15) is 39.0 Å². The van der Waals surface area contributed by atoms with E-state index in [0.29, 0.717) is 5.96 Å². The fraction of sp³-hybridized carbons (Fsp3) is 0.917. The molecule has 3 N–H and O–H groups in total. The van der Waals surface area contributed by atoms with Crippen molar-refractivity contribution in [3.8, 4) is 0 Å². The van der Waals surface area contributed by atoms with E-state index in [0.717, 1.165) is 37.3 Å². The molecular formula is C12H23N3. The Balaban J connectivity index is 1.73. The second-order valence-corrected chi connectivity index (χ2v) is 4.99. The minimum Gasteiger partial charge on any atom is -0.370 e. The lowest BCUT2D eigenvalue weighted by Gasteiger charge is -2.12. The van der Waals surface area contributed by atoms with Crippen molar-refractivity contribution in [1.29, 1.82) is 0 Å². The zero-order chi connectivity index (χ0) is 10.7. The van der Waals surface area contributed by atoms with Gasteiger partial charge in [0.1, 0.15) is 0 Å². The van der Waals surface area contributed by atoms with Gasteiger partial charge in [-0.3, -0.25) is 4.99 Å². The van der Waals surface area contributed by atoms with Gasteiger partial charge in [0.2, 0.25) is 0 Å². The first-order valence-corrected chi connectivity index (χ1v) is 6.35. The van der Waals surface area contributed by atoms with Gasteiger partial charge in [-0.2, -0.15) is 0 Å². The molecule has 0 aromatic heterocycles. The summed E-state index contributed by atoms with van der Waals surface area (Å²) in [6.45, 7) is 4.03. The lowest BCUT2D eigenvalue weighted by molar-refractivity contribution is 0.417. The lowest BCUT2D eigenvalue weighted by Crippen LogP contribution is -2.33. The van der Waals surface area contributed by atoms with Gasteiger partial charge in [-0.15, -0.1) is 0 Å². The van der Waals surface area contributed by atoms with Gasteiger partial charge >= 0.3 is 0 Å². The highest BCUT2D eigenvalue weighted by molar-refractivity contribution is 5.77. The van der Waals surface area contributed by atoms with Crippen molar-refractivity contribution in [3.05, 3.63) is 0 Å². The van der Waals surface area contributed by atoms with E-state index in [1.165, 1.54) is 25.7 Å². The highest BCUT2D eigenvalue weighted by Crippen LogP contribution is 2.49. The zero-order valence-electron chi connectivity index (χ0n) is 9.71. The van der Waals surface area contributed by atoms with Crippen LogP contribution in [0.2, 0.25) is 0 Å². The molecule has 2 aliphatic carbocycles. The first-order chi connectivity index (χ1) is 7.31. The summed E-state index contributed by atoms with van der Waals surface area (Å²) in [7, 11) is 0. The number of hydrogen-bond donors (Lipinski definition) is 2. The Morgan fingerprint density at radius 2 is 1.93 bits per heavy atom. The Morgan fingerprint density at radius 3 is 2.40 bits per heavy atom. The Hall–Kier alpha value is -0.730. The van der Waals surface area contributed by atoms with Crippen LogP contribution in [0, 0.1) is 17.8 Å². The SMILES string of the molecule is CCCNC(N)=NCC(C1CC1)C1CC1. The lowest BCUT2D eigenvalue weighted by atomic mass is 9.98. The molecule has 3 nitrogen and oxygen atoms in total. The molecule has 2 aliphatic rings. The van der Waals surface area contributed by atoms with E-state index < -0.39 is 0 Å². The van der Waals surface area contributed by atoms with Gasteiger partial charge in [-0.05, 0) is 49.9 Å². The van der Waals surface area contributed by atoms with E-state index in [1.807, 2.05) is 0 Å². The summed E-state index contributed by atoms with van der Waals surface area (Å²) in [4.78, 5) is 4.47. The molecule has 2 fully saturated rings. The average molecular weight is 209 g/mol. The van der Waals surface area contributed by atoms with Crippen molar-refractivity contribution in [3.63, 3.8) is 0 Å². The second kappa shape index (κ2) is 4.86. The molecule has 86 valence electrons. The van der Waals surface area contributed by atoms with Crippen LogP contribution in [0.15, 0.2) is 4.99 Å². The predicted octanol–water partition coefficient (Wildman–Crippen LogP) is 1.74. The summed E-state index contributed by atoms with van der Waals surface area (Å²) in [5.74, 6) is 3.43. The summed E-state index contributed by atoms with van der Waals surface area (Å²) in [5, 5.41) is 3.13. The number of guanidine groups is 1. The highest BCUT2D eigenvalue weighted by Gasteiger charge is 2.40. The Morgan fingerprint density at radius 1 is 1.33 bits per heavy atom. The van der Waals surface area contributed by atoms with Crippen molar-refractivity contribution in [2.45, 2.75) is 39.0 Å². The molecule has 0 aromatic carbocycles. The van der Waals surface area contributed by atoms with Crippen molar-refractivity contribution < 1.29 is 0 Å². The fourth-order valence-corrected chi connectivity index (χ4v) is 2.24. The van der Waals surface area contributed by atoms with Gasteiger partial charge in [-0.25, -0.2) is 0 Å². The van der Waals surface area contributed by atoms with E-state index in [4.69, 9.17) is 5.73 Å². The maximum atomic E-state index is 5.79. The maximum absolute atomic E-state index is 5.79. The van der Waals surface area contributed by atoms with Crippen LogP contribution in [0.5, 0.6) is 0 Å². The van der Waals surface area contributed by atoms with Gasteiger partial charge in [0.05, 0.1) is 0 Å². The molecule has 0 amide bonds. The zero-order valence-corrected chi connectivity index (χ0v) is 9.71. The van der Waals surface area contributed by atoms with Gasteiger partial charge in [-0.1, -0.05) is 6.92 Å².